The summed E-state index contributed by atoms with van der Waals surface area (Å²) >= 11 is 0. The van der Waals surface area contributed by atoms with Gasteiger partial charge in [-0.2, -0.15) is 0 Å². The molecule has 0 atom stereocenters. The van der Waals surface area contributed by atoms with Crippen molar-refractivity contribution in [3.8, 4) is 11.8 Å². The van der Waals surface area contributed by atoms with Gasteiger partial charge in [-0.05, 0) is 49.2 Å². The summed E-state index contributed by atoms with van der Waals surface area (Å²) in [4.78, 5) is 33.6. The molecule has 3 heterocycles. The molecule has 0 unspecified atom stereocenters. The first-order chi connectivity index (χ1) is 14.0. The van der Waals surface area contributed by atoms with Crippen molar-refractivity contribution in [1.29, 1.82) is 0 Å². The molecule has 0 aliphatic rings. The van der Waals surface area contributed by atoms with Gasteiger partial charge < -0.3 is 5.32 Å². The molecule has 0 radical (unpaired) electrons. The van der Waals surface area contributed by atoms with Gasteiger partial charge in [0.05, 0.1) is 10.9 Å². The summed E-state index contributed by atoms with van der Waals surface area (Å²) in [5.41, 5.74) is 3.00. The summed E-state index contributed by atoms with van der Waals surface area (Å²) in [6, 6.07) is 14.3. The lowest BCUT2D eigenvalue weighted by molar-refractivity contribution is 0.102. The normalized spacial score (nSPS) is 10.4. The van der Waals surface area contributed by atoms with Crippen LogP contribution in [0, 0.1) is 18.8 Å². The Balaban J connectivity index is 1.64. The molecule has 0 saturated heterocycles. The highest BCUT2D eigenvalue weighted by Gasteiger charge is 2.18. The molecule has 4 rings (SSSR count). The summed E-state index contributed by atoms with van der Waals surface area (Å²) in [7, 11) is 1.68. The van der Waals surface area contributed by atoms with E-state index >= 15 is 0 Å². The summed E-state index contributed by atoms with van der Waals surface area (Å²) in [5, 5.41) is 5.74. The predicted octanol–water partition coefficient (Wildman–Crippen LogP) is 2.62. The second-order valence-electron chi connectivity index (χ2n) is 6.51. The molecule has 3 aromatic heterocycles. The fourth-order valence-electron chi connectivity index (χ4n) is 3.01. The maximum Gasteiger partial charge on any atom is 0.274 e. The molecular formula is C22H17N5O2. The lowest BCUT2D eigenvalue weighted by atomic mass is 10.1. The monoisotopic (exact) mass is 383 g/mol. The van der Waals surface area contributed by atoms with Gasteiger partial charge in [-0.3, -0.25) is 19.4 Å². The number of aromatic amines is 1. The average molecular weight is 383 g/mol. The first-order valence-electron chi connectivity index (χ1n) is 8.92. The molecule has 142 valence electrons. The molecule has 29 heavy (non-hydrogen) atoms. The lowest BCUT2D eigenvalue weighted by Crippen LogP contribution is -2.15. The molecule has 0 fully saturated rings. The molecule has 7 nitrogen and oxygen atoms in total. The largest absolute Gasteiger partial charge is 0.322 e. The number of hydrogen-bond donors (Lipinski definition) is 2. The van der Waals surface area contributed by atoms with E-state index in [1.54, 1.807) is 44.4 Å². The van der Waals surface area contributed by atoms with Crippen LogP contribution in [0.5, 0.6) is 0 Å². The summed E-state index contributed by atoms with van der Waals surface area (Å²) in [5.74, 6) is 5.64. The number of benzene rings is 1. The van der Waals surface area contributed by atoms with E-state index in [0.29, 0.717) is 22.7 Å². The van der Waals surface area contributed by atoms with Gasteiger partial charge >= 0.3 is 0 Å². The first kappa shape index (κ1) is 18.2. The Bertz CT molecular complexity index is 1340. The second-order valence-corrected chi connectivity index (χ2v) is 6.51. The Kier molecular flexibility index (Phi) is 4.67. The minimum atomic E-state index is -0.382. The number of fused-ring (bicyclic) bond motifs is 1. The highest BCUT2D eigenvalue weighted by Crippen LogP contribution is 2.17. The number of rotatable bonds is 2. The first-order valence-corrected chi connectivity index (χ1v) is 8.92. The van der Waals surface area contributed by atoms with Crippen LogP contribution in [0.4, 0.5) is 5.69 Å². The van der Waals surface area contributed by atoms with E-state index in [0.717, 1.165) is 5.56 Å². The number of nitrogens with one attached hydrogen (secondary N) is 2. The van der Waals surface area contributed by atoms with Gasteiger partial charge in [0.2, 0.25) is 0 Å². The third-order valence-corrected chi connectivity index (χ3v) is 4.31. The molecule has 7 heteroatoms. The fourth-order valence-corrected chi connectivity index (χ4v) is 3.01. The number of H-pyrrole nitrogens is 1. The van der Waals surface area contributed by atoms with Crippen LogP contribution in [0.3, 0.4) is 0 Å². The van der Waals surface area contributed by atoms with Crippen LogP contribution in [0.2, 0.25) is 0 Å². The van der Waals surface area contributed by atoms with Crippen LogP contribution >= 0.6 is 0 Å². The van der Waals surface area contributed by atoms with E-state index in [1.165, 1.54) is 4.68 Å². The minimum Gasteiger partial charge on any atom is -0.322 e. The Labute approximate surface area is 166 Å². The predicted molar refractivity (Wildman–Crippen MR) is 111 cm³/mol. The van der Waals surface area contributed by atoms with Crippen molar-refractivity contribution in [2.45, 2.75) is 6.92 Å². The molecule has 1 aromatic carbocycles. The SMILES string of the molecule is Cc1cc(C(=O)Nc2cccc(C#Cc3ccccn3)c2)c2c(=O)[nH]n(C)c2n1. The number of pyridine rings is 2. The summed E-state index contributed by atoms with van der Waals surface area (Å²) in [6.45, 7) is 1.78. The smallest absolute Gasteiger partial charge is 0.274 e. The van der Waals surface area contributed by atoms with Gasteiger partial charge in [0.15, 0.2) is 5.65 Å². The van der Waals surface area contributed by atoms with Gasteiger partial charge in [-0.25, -0.2) is 9.97 Å². The van der Waals surface area contributed by atoms with E-state index in [2.05, 4.69) is 32.2 Å². The number of nitrogens with zero attached hydrogens (tertiary/aromatic N) is 3. The van der Waals surface area contributed by atoms with E-state index in [-0.39, 0.29) is 22.4 Å². The van der Waals surface area contributed by atoms with Crippen molar-refractivity contribution >= 4 is 22.6 Å². The fraction of sp³-hybridized carbons (Fsp3) is 0.0909. The number of hydrogen-bond acceptors (Lipinski definition) is 4. The minimum absolute atomic E-state index is 0.265. The lowest BCUT2D eigenvalue weighted by Gasteiger charge is -2.07. The number of carbonyl (C=O) groups is 1. The summed E-state index contributed by atoms with van der Waals surface area (Å²) in [6.07, 6.45) is 1.68. The van der Waals surface area contributed by atoms with E-state index in [9.17, 15) is 9.59 Å². The highest BCUT2D eigenvalue weighted by atomic mass is 16.2. The molecule has 0 bridgehead atoms. The molecule has 2 N–H and O–H groups in total. The van der Waals surface area contributed by atoms with Gasteiger partial charge in [0.25, 0.3) is 11.5 Å². The second kappa shape index (κ2) is 7.44. The Hall–Kier alpha value is -4.18. The van der Waals surface area contributed by atoms with Crippen LogP contribution in [0.15, 0.2) is 59.5 Å². The van der Waals surface area contributed by atoms with Crippen LogP contribution < -0.4 is 10.9 Å². The number of carbonyl (C=O) groups excluding carboxylic acids is 1. The van der Waals surface area contributed by atoms with Crippen molar-refractivity contribution in [2.75, 3.05) is 5.32 Å². The Morgan fingerprint density at radius 3 is 2.79 bits per heavy atom. The zero-order chi connectivity index (χ0) is 20.4. The Morgan fingerprint density at radius 2 is 2.00 bits per heavy atom. The van der Waals surface area contributed by atoms with Crippen molar-refractivity contribution in [1.82, 2.24) is 19.7 Å². The molecule has 4 aromatic rings. The third-order valence-electron chi connectivity index (χ3n) is 4.31. The van der Waals surface area contributed by atoms with Crippen LogP contribution in [-0.4, -0.2) is 25.7 Å². The third kappa shape index (κ3) is 3.77. The topological polar surface area (TPSA) is 92.7 Å². The van der Waals surface area contributed by atoms with Crippen molar-refractivity contribution in [3.63, 3.8) is 0 Å². The average Bonchev–Trinajstić information content (AvgIpc) is 3.00. The van der Waals surface area contributed by atoms with Crippen molar-refractivity contribution in [3.05, 3.63) is 87.6 Å². The van der Waals surface area contributed by atoms with Crippen LogP contribution in [-0.2, 0) is 7.05 Å². The number of aromatic nitrogens is 4. The van der Waals surface area contributed by atoms with Gasteiger partial charge in [0.1, 0.15) is 5.69 Å². The number of anilines is 1. The van der Waals surface area contributed by atoms with E-state index in [1.807, 2.05) is 24.3 Å². The quantitative estimate of drug-likeness (QED) is 0.521. The van der Waals surface area contributed by atoms with Crippen LogP contribution in [0.1, 0.15) is 27.3 Å². The molecule has 0 saturated carbocycles. The van der Waals surface area contributed by atoms with Crippen LogP contribution in [0.25, 0.3) is 11.0 Å². The van der Waals surface area contributed by atoms with Gasteiger partial charge in [-0.15, -0.1) is 0 Å². The van der Waals surface area contributed by atoms with E-state index in [4.69, 9.17) is 0 Å². The molecule has 0 aliphatic carbocycles. The molecule has 1 amide bonds. The standard InChI is InChI=1S/C22H17N5O2/c1-14-12-18(19-20(24-14)27(2)26-22(19)29)21(28)25-17-8-5-6-15(13-17)9-10-16-7-3-4-11-23-16/h3-8,11-13H,1-2H3,(H,25,28)(H,26,29). The van der Waals surface area contributed by atoms with Crippen molar-refractivity contribution < 1.29 is 4.79 Å². The molecule has 0 spiro atoms. The van der Waals surface area contributed by atoms with Crippen molar-refractivity contribution in [2.24, 2.45) is 7.05 Å². The van der Waals surface area contributed by atoms with Gasteiger partial charge in [0, 0.05) is 30.2 Å². The van der Waals surface area contributed by atoms with E-state index < -0.39 is 0 Å². The van der Waals surface area contributed by atoms with Gasteiger partial charge in [-0.1, -0.05) is 18.1 Å². The maximum absolute atomic E-state index is 12.9. The number of aryl methyl sites for hydroxylation is 2. The Morgan fingerprint density at radius 1 is 1.14 bits per heavy atom. The molecular weight excluding hydrogens is 366 g/mol. The summed E-state index contributed by atoms with van der Waals surface area (Å²) < 4.78 is 1.51. The highest BCUT2D eigenvalue weighted by molar-refractivity contribution is 6.12. The molecule has 0 aliphatic heterocycles. The zero-order valence-electron chi connectivity index (χ0n) is 15.9. The zero-order valence-corrected chi connectivity index (χ0v) is 15.9. The number of amides is 1. The maximum atomic E-state index is 12.9.